The van der Waals surface area contributed by atoms with Crippen LogP contribution in [-0.2, 0) is 47.1 Å². The summed E-state index contributed by atoms with van der Waals surface area (Å²) in [6.07, 6.45) is 0. The predicted octanol–water partition coefficient (Wildman–Crippen LogP) is -2.37. The van der Waals surface area contributed by atoms with E-state index in [1.54, 1.807) is 0 Å². The molecule has 0 atom stereocenters. The maximum Gasteiger partial charge on any atom is 0 e. The first kappa shape index (κ1) is 33.3. The summed E-state index contributed by atoms with van der Waals surface area (Å²) in [6.45, 7) is 0. The third-order valence-corrected chi connectivity index (χ3v) is 0. The standard InChI is InChI=1S/Bi.Ce.Hg.In.Zn.6H. The van der Waals surface area contributed by atoms with E-state index in [0.717, 1.165) is 0 Å². The number of hydrogen-bond donors (Lipinski definition) is 0. The van der Waals surface area contributed by atoms with Gasteiger partial charge in [0, 0.05) is 88.9 Å². The average molecular weight is 736 g/mol. The third kappa shape index (κ3) is 17.7. The van der Waals surface area contributed by atoms with Crippen molar-refractivity contribution in [3.8, 4) is 0 Å². The van der Waals surface area contributed by atoms with Crippen LogP contribution in [0.2, 0.25) is 0 Å². The van der Waals surface area contributed by atoms with Crippen molar-refractivity contribution in [3.05, 3.63) is 0 Å². The molecule has 0 bridgehead atoms. The smallest absolute Gasteiger partial charge is 0 e. The van der Waals surface area contributed by atoms with Crippen molar-refractivity contribution in [3.63, 3.8) is 0 Å². The molecule has 0 aliphatic carbocycles. The van der Waals surface area contributed by atoms with E-state index in [4.69, 9.17) is 0 Å². The van der Waals surface area contributed by atoms with Crippen LogP contribution < -0.4 is 0 Å². The van der Waals surface area contributed by atoms with Crippen LogP contribution in [0, 0.1) is 41.7 Å². The van der Waals surface area contributed by atoms with Gasteiger partial charge in [0.1, 0.15) is 0 Å². The molecule has 0 fully saturated rings. The summed E-state index contributed by atoms with van der Waals surface area (Å²) >= 11 is 0. The predicted molar refractivity (Wildman–Crippen MR) is 19.9 cm³/mol. The van der Waals surface area contributed by atoms with E-state index in [0.29, 0.717) is 0 Å². The molecule has 0 radical (unpaired) electrons. The number of hydrogen-bond acceptors (Lipinski definition) is 0. The minimum atomic E-state index is 0. The van der Waals surface area contributed by atoms with Gasteiger partial charge in [0.05, 0.1) is 0 Å². The van der Waals surface area contributed by atoms with Crippen LogP contribution in [0.4, 0.5) is 0 Å². The maximum atomic E-state index is 0. The van der Waals surface area contributed by atoms with E-state index in [2.05, 4.69) is 0 Å². The Morgan fingerprint density at radius 1 is 1.00 bits per heavy atom. The van der Waals surface area contributed by atoms with Gasteiger partial charge < -0.3 is 0 Å². The van der Waals surface area contributed by atoms with Gasteiger partial charge in [-0.25, -0.2) is 0 Å². The molecule has 0 aliphatic heterocycles. The second kappa shape index (κ2) is 23.4. The van der Waals surface area contributed by atoms with Gasteiger partial charge in [-0.15, -0.1) is 0 Å². The minimum Gasteiger partial charge on any atom is 0 e. The zero-order chi connectivity index (χ0) is 0. The van der Waals surface area contributed by atoms with E-state index in [1.807, 2.05) is 0 Å². The maximum absolute atomic E-state index is 0. The first-order valence-corrected chi connectivity index (χ1v) is 0. The molecule has 0 amide bonds. The molecule has 0 rings (SSSR count). The van der Waals surface area contributed by atoms with Gasteiger partial charge in [-0.2, -0.15) is 0 Å². The Morgan fingerprint density at radius 3 is 1.00 bits per heavy atom. The Labute approximate surface area is 137 Å². The molecule has 0 saturated heterocycles. The summed E-state index contributed by atoms with van der Waals surface area (Å²) in [5.74, 6) is 0. The van der Waals surface area contributed by atoms with Gasteiger partial charge in [0.15, 0.2) is 0 Å². The summed E-state index contributed by atoms with van der Waals surface area (Å²) in [4.78, 5) is 0. The molecule has 0 N–H and O–H groups in total. The zero-order valence-corrected chi connectivity index (χ0v) is 19.7. The molecule has 0 saturated carbocycles. The van der Waals surface area contributed by atoms with Crippen LogP contribution >= 0.6 is 0 Å². The quantitative estimate of drug-likeness (QED) is 0.245. The molecule has 22 valence electrons. The molecule has 5 heavy (non-hydrogen) atoms. The molecular weight excluding hydrogens is 730 g/mol. The first-order valence-electron chi connectivity index (χ1n) is 0. The van der Waals surface area contributed by atoms with Crippen molar-refractivity contribution >= 4 is 52.0 Å². The first-order chi connectivity index (χ1) is 0. The largest absolute Gasteiger partial charge is 0 e. The van der Waals surface area contributed by atoms with Crippen molar-refractivity contribution in [2.75, 3.05) is 0 Å². The second-order valence-electron chi connectivity index (χ2n) is 0. The average Bonchev–Trinajstić information content (AvgIpc) is 0. The third-order valence-electron chi connectivity index (χ3n) is 0. The Bertz CT molecular complexity index is 11.6. The van der Waals surface area contributed by atoms with Crippen LogP contribution in [0.15, 0.2) is 0 Å². The van der Waals surface area contributed by atoms with Crippen molar-refractivity contribution in [1.82, 2.24) is 0 Å². The van der Waals surface area contributed by atoms with Gasteiger partial charge >= 0.3 is 52.0 Å². The molecule has 0 aromatic carbocycles. The topological polar surface area (TPSA) is 0 Å². The van der Waals surface area contributed by atoms with E-state index >= 15 is 0 Å². The zero-order valence-electron chi connectivity index (χ0n) is 2.62. The molecule has 5 heteroatoms. The van der Waals surface area contributed by atoms with Crippen LogP contribution in [-0.4, -0.2) is 52.0 Å². The fourth-order valence-electron chi connectivity index (χ4n) is 0. The van der Waals surface area contributed by atoms with E-state index < -0.39 is 0 Å². The molecule has 0 aromatic rings. The van der Waals surface area contributed by atoms with Gasteiger partial charge in [-0.3, -0.25) is 0 Å². The van der Waals surface area contributed by atoms with Gasteiger partial charge in [-0.05, 0) is 0 Å². The molecule has 0 unspecified atom stereocenters. The molecular formula is H6BiCeHgInZn. The van der Waals surface area contributed by atoms with Crippen LogP contribution in [0.3, 0.4) is 0 Å². The van der Waals surface area contributed by atoms with Crippen molar-refractivity contribution in [1.29, 1.82) is 0 Å². The van der Waals surface area contributed by atoms with Gasteiger partial charge in [0.25, 0.3) is 0 Å². The summed E-state index contributed by atoms with van der Waals surface area (Å²) in [7, 11) is 0. The fourth-order valence-corrected chi connectivity index (χ4v) is 0. The molecule has 0 spiro atoms. The van der Waals surface area contributed by atoms with E-state index in [9.17, 15) is 0 Å². The SMILES string of the molecule is [BiH3].[Ce].[Hg].[InH3].[Zn]. The van der Waals surface area contributed by atoms with Crippen molar-refractivity contribution < 1.29 is 88.9 Å². The summed E-state index contributed by atoms with van der Waals surface area (Å²) in [5.41, 5.74) is 0. The Kier molecular flexibility index (Phi) is 155. The Balaban J connectivity index is 0. The van der Waals surface area contributed by atoms with Crippen molar-refractivity contribution in [2.24, 2.45) is 0 Å². The Hall–Kier alpha value is 4.69. The summed E-state index contributed by atoms with van der Waals surface area (Å²) in [5, 5.41) is 0. The summed E-state index contributed by atoms with van der Waals surface area (Å²) in [6, 6.07) is 0. The molecule has 0 nitrogen and oxygen atoms in total. The monoisotopic (exact) mass is 736 g/mol. The second-order valence-corrected chi connectivity index (χ2v) is 0. The van der Waals surface area contributed by atoms with E-state index in [1.165, 1.54) is 0 Å². The molecule has 0 aliphatic rings. The molecule has 0 aromatic heterocycles. The number of rotatable bonds is 0. The Morgan fingerprint density at radius 2 is 1.00 bits per heavy atom. The molecule has 0 heterocycles. The van der Waals surface area contributed by atoms with Crippen LogP contribution in [0.1, 0.15) is 0 Å². The van der Waals surface area contributed by atoms with Gasteiger partial charge in [0.2, 0.25) is 0 Å². The van der Waals surface area contributed by atoms with Crippen LogP contribution in [0.5, 0.6) is 0 Å². The van der Waals surface area contributed by atoms with Crippen molar-refractivity contribution in [2.45, 2.75) is 0 Å². The minimum absolute atomic E-state index is 0. The fraction of sp³-hybridized carbons (Fsp3) is 0. The van der Waals surface area contributed by atoms with E-state index in [-0.39, 0.29) is 141 Å². The van der Waals surface area contributed by atoms with Gasteiger partial charge in [-0.1, -0.05) is 0 Å². The van der Waals surface area contributed by atoms with Crippen LogP contribution in [0.25, 0.3) is 0 Å². The normalized spacial score (nSPS) is 0. The summed E-state index contributed by atoms with van der Waals surface area (Å²) < 4.78 is 0.